The van der Waals surface area contributed by atoms with E-state index < -0.39 is 24.4 Å². The van der Waals surface area contributed by atoms with Gasteiger partial charge in [0.1, 0.15) is 6.61 Å². The maximum Gasteiger partial charge on any atom is 0.414 e. The van der Waals surface area contributed by atoms with Crippen LogP contribution in [0.2, 0.25) is 0 Å². The Morgan fingerprint density at radius 3 is 2.57 bits per heavy atom. The van der Waals surface area contributed by atoms with Crippen LogP contribution < -0.4 is 4.90 Å². The van der Waals surface area contributed by atoms with Crippen molar-refractivity contribution in [3.05, 3.63) is 65.2 Å². The molecule has 0 radical (unpaired) electrons. The summed E-state index contributed by atoms with van der Waals surface area (Å²) in [5.74, 6) is -5.01. The molecule has 0 fully saturated rings. The topological polar surface area (TPSA) is 55.8 Å². The number of rotatable bonds is 7. The quantitative estimate of drug-likeness (QED) is 0.601. The van der Waals surface area contributed by atoms with Crippen LogP contribution in [-0.4, -0.2) is 31.1 Å². The highest BCUT2D eigenvalue weighted by Gasteiger charge is 2.39. The SMILES string of the molecule is CCOC(=O)C(F)(F)CCc1ccc2c(c1)CCCN2C(=O)OCc1ccccc1. The number of benzene rings is 2. The monoisotopic (exact) mass is 417 g/mol. The molecule has 0 unspecified atom stereocenters. The number of anilines is 1. The second kappa shape index (κ2) is 9.69. The Morgan fingerprint density at radius 1 is 1.07 bits per heavy atom. The van der Waals surface area contributed by atoms with E-state index in [1.54, 1.807) is 17.0 Å². The Labute approximate surface area is 174 Å². The van der Waals surface area contributed by atoms with Gasteiger partial charge in [0.2, 0.25) is 0 Å². The minimum Gasteiger partial charge on any atom is -0.462 e. The second-order valence-corrected chi connectivity index (χ2v) is 7.18. The summed E-state index contributed by atoms with van der Waals surface area (Å²) in [4.78, 5) is 25.5. The average Bonchev–Trinajstić information content (AvgIpc) is 2.76. The minimum atomic E-state index is -3.51. The molecule has 0 aromatic heterocycles. The van der Waals surface area contributed by atoms with Crippen LogP contribution in [0, 0.1) is 0 Å². The van der Waals surface area contributed by atoms with Crippen molar-refractivity contribution in [2.24, 2.45) is 0 Å². The number of halogens is 2. The first kappa shape index (κ1) is 21.7. The average molecular weight is 417 g/mol. The first-order valence-electron chi connectivity index (χ1n) is 10.1. The van der Waals surface area contributed by atoms with Crippen LogP contribution >= 0.6 is 0 Å². The van der Waals surface area contributed by atoms with E-state index >= 15 is 0 Å². The van der Waals surface area contributed by atoms with E-state index in [4.69, 9.17) is 4.74 Å². The molecule has 2 aromatic rings. The number of ether oxygens (including phenoxy) is 2. The molecule has 30 heavy (non-hydrogen) atoms. The molecule has 3 rings (SSSR count). The van der Waals surface area contributed by atoms with Crippen LogP contribution in [-0.2, 0) is 33.7 Å². The van der Waals surface area contributed by atoms with Crippen molar-refractivity contribution in [3.8, 4) is 0 Å². The number of aryl methyl sites for hydroxylation is 2. The Kier molecular flexibility index (Phi) is 7.03. The fraction of sp³-hybridized carbons (Fsp3) is 0.391. The number of hydrogen-bond acceptors (Lipinski definition) is 4. The van der Waals surface area contributed by atoms with Gasteiger partial charge < -0.3 is 9.47 Å². The molecule has 0 saturated carbocycles. The van der Waals surface area contributed by atoms with E-state index in [1.165, 1.54) is 6.92 Å². The third-order valence-electron chi connectivity index (χ3n) is 4.99. The summed E-state index contributed by atoms with van der Waals surface area (Å²) in [6, 6.07) is 14.7. The molecule has 1 aliphatic rings. The fourth-order valence-electron chi connectivity index (χ4n) is 3.43. The van der Waals surface area contributed by atoms with Crippen molar-refractivity contribution < 1.29 is 27.8 Å². The summed E-state index contributed by atoms with van der Waals surface area (Å²) in [6.45, 7) is 2.14. The van der Waals surface area contributed by atoms with Crippen molar-refractivity contribution in [1.82, 2.24) is 0 Å². The smallest absolute Gasteiger partial charge is 0.414 e. The van der Waals surface area contributed by atoms with Crippen LogP contribution in [0.5, 0.6) is 0 Å². The number of esters is 1. The van der Waals surface area contributed by atoms with Crippen LogP contribution in [0.15, 0.2) is 48.5 Å². The minimum absolute atomic E-state index is 0.0392. The number of hydrogen-bond donors (Lipinski definition) is 0. The summed E-state index contributed by atoms with van der Waals surface area (Å²) in [6.07, 6.45) is 0.502. The summed E-state index contributed by atoms with van der Waals surface area (Å²) in [5, 5.41) is 0. The van der Waals surface area contributed by atoms with E-state index in [2.05, 4.69) is 4.74 Å². The molecule has 0 spiro atoms. The molecule has 160 valence electrons. The molecule has 0 N–H and O–H groups in total. The predicted octanol–water partition coefficient (Wildman–Crippen LogP) is 4.91. The molecule has 5 nitrogen and oxygen atoms in total. The Morgan fingerprint density at radius 2 is 1.83 bits per heavy atom. The lowest BCUT2D eigenvalue weighted by Crippen LogP contribution is -2.36. The standard InChI is InChI=1S/C23H25F2NO4/c1-2-29-21(27)23(24,25)13-12-17-10-11-20-19(15-17)9-6-14-26(20)22(28)30-16-18-7-4-3-5-8-18/h3-5,7-8,10-11,15H,2,6,9,12-14,16H2,1H3. The highest BCUT2D eigenvalue weighted by molar-refractivity contribution is 5.89. The molecular formula is C23H25F2NO4. The van der Waals surface area contributed by atoms with Gasteiger partial charge in [0, 0.05) is 13.0 Å². The molecule has 0 atom stereocenters. The third-order valence-corrected chi connectivity index (χ3v) is 4.99. The number of carbonyl (C=O) groups is 2. The van der Waals surface area contributed by atoms with Crippen molar-refractivity contribution in [2.45, 2.75) is 45.1 Å². The number of fused-ring (bicyclic) bond motifs is 1. The normalized spacial score (nSPS) is 13.5. The van der Waals surface area contributed by atoms with Gasteiger partial charge in [0.05, 0.1) is 12.3 Å². The maximum absolute atomic E-state index is 13.9. The molecule has 1 amide bonds. The van der Waals surface area contributed by atoms with Gasteiger partial charge in [0.15, 0.2) is 0 Å². The zero-order valence-corrected chi connectivity index (χ0v) is 16.9. The summed E-state index contributed by atoms with van der Waals surface area (Å²) in [5.41, 5.74) is 3.24. The van der Waals surface area contributed by atoms with Crippen LogP contribution in [0.4, 0.5) is 19.3 Å². The number of amides is 1. The highest BCUT2D eigenvalue weighted by atomic mass is 19.3. The van der Waals surface area contributed by atoms with E-state index in [-0.39, 0.29) is 19.6 Å². The summed E-state index contributed by atoms with van der Waals surface area (Å²) >= 11 is 0. The van der Waals surface area contributed by atoms with Crippen molar-refractivity contribution in [1.29, 1.82) is 0 Å². The fourth-order valence-corrected chi connectivity index (χ4v) is 3.43. The Hall–Kier alpha value is -2.96. The summed E-state index contributed by atoms with van der Waals surface area (Å²) in [7, 11) is 0. The molecule has 7 heteroatoms. The largest absolute Gasteiger partial charge is 0.462 e. The lowest BCUT2D eigenvalue weighted by Gasteiger charge is -2.29. The molecule has 0 aliphatic carbocycles. The van der Waals surface area contributed by atoms with Crippen LogP contribution in [0.1, 0.15) is 36.5 Å². The Balaban J connectivity index is 1.64. The van der Waals surface area contributed by atoms with E-state index in [0.29, 0.717) is 12.1 Å². The maximum atomic E-state index is 13.9. The lowest BCUT2D eigenvalue weighted by molar-refractivity contribution is -0.172. The predicted molar refractivity (Wildman–Crippen MR) is 109 cm³/mol. The first-order valence-corrected chi connectivity index (χ1v) is 10.1. The van der Waals surface area contributed by atoms with Crippen molar-refractivity contribution in [2.75, 3.05) is 18.1 Å². The third kappa shape index (κ3) is 5.34. The first-order chi connectivity index (χ1) is 14.4. The van der Waals surface area contributed by atoms with Crippen LogP contribution in [0.3, 0.4) is 0 Å². The van der Waals surface area contributed by atoms with E-state index in [9.17, 15) is 18.4 Å². The molecule has 0 saturated heterocycles. The van der Waals surface area contributed by atoms with Crippen molar-refractivity contribution in [3.63, 3.8) is 0 Å². The molecular weight excluding hydrogens is 392 g/mol. The van der Waals surface area contributed by atoms with Gasteiger partial charge in [-0.2, -0.15) is 8.78 Å². The van der Waals surface area contributed by atoms with E-state index in [0.717, 1.165) is 29.7 Å². The Bertz CT molecular complexity index is 886. The van der Waals surface area contributed by atoms with Crippen molar-refractivity contribution >= 4 is 17.7 Å². The highest BCUT2D eigenvalue weighted by Crippen LogP contribution is 2.30. The van der Waals surface area contributed by atoms with Gasteiger partial charge in [-0.15, -0.1) is 0 Å². The second-order valence-electron chi connectivity index (χ2n) is 7.18. The number of alkyl halides is 2. The number of carbonyl (C=O) groups excluding carboxylic acids is 2. The molecule has 1 aliphatic heterocycles. The van der Waals surface area contributed by atoms with Gasteiger partial charge in [-0.25, -0.2) is 9.59 Å². The zero-order valence-electron chi connectivity index (χ0n) is 16.9. The van der Waals surface area contributed by atoms with Gasteiger partial charge in [-0.1, -0.05) is 42.5 Å². The molecule has 1 heterocycles. The lowest BCUT2D eigenvalue weighted by atomic mass is 9.97. The van der Waals surface area contributed by atoms with Crippen LogP contribution in [0.25, 0.3) is 0 Å². The van der Waals surface area contributed by atoms with E-state index in [1.807, 2.05) is 36.4 Å². The van der Waals surface area contributed by atoms with Gasteiger partial charge in [0.25, 0.3) is 0 Å². The van der Waals surface area contributed by atoms with Gasteiger partial charge in [-0.3, -0.25) is 4.90 Å². The molecule has 2 aromatic carbocycles. The molecule has 0 bridgehead atoms. The van der Waals surface area contributed by atoms with Gasteiger partial charge >= 0.3 is 18.0 Å². The zero-order chi connectivity index (χ0) is 21.6. The number of nitrogens with zero attached hydrogens (tertiary/aromatic N) is 1. The van der Waals surface area contributed by atoms with Gasteiger partial charge in [-0.05, 0) is 48.9 Å². The summed E-state index contributed by atoms with van der Waals surface area (Å²) < 4.78 is 37.6.